The number of aliphatic hydroxyl groups is 2. The molecule has 4 atom stereocenters. The molecule has 0 bridgehead atoms. The first kappa shape index (κ1) is 14.2. The fourth-order valence-corrected chi connectivity index (χ4v) is 3.96. The Morgan fingerprint density at radius 2 is 2.21 bits per heavy atom. The molecule has 1 unspecified atom stereocenters. The monoisotopic (exact) mass is 288 g/mol. The van der Waals surface area contributed by atoms with Crippen LogP contribution in [0.3, 0.4) is 0 Å². The minimum absolute atomic E-state index is 0.118. The maximum atomic E-state index is 12.1. The predicted molar refractivity (Wildman–Crippen MR) is 69.4 cm³/mol. The molecule has 3 N–H and O–H groups in total. The van der Waals surface area contributed by atoms with Gasteiger partial charge in [0.15, 0.2) is 0 Å². The minimum atomic E-state index is -1.57. The van der Waals surface area contributed by atoms with Gasteiger partial charge in [0, 0.05) is 18.2 Å². The van der Waals surface area contributed by atoms with E-state index >= 15 is 0 Å². The molecule has 1 fully saturated rings. The molecule has 19 heavy (non-hydrogen) atoms. The molecule has 1 aliphatic heterocycles. The number of rotatable bonds is 3. The van der Waals surface area contributed by atoms with Gasteiger partial charge in [-0.1, -0.05) is 6.92 Å². The third kappa shape index (κ3) is 2.43. The van der Waals surface area contributed by atoms with E-state index in [4.69, 9.17) is 5.11 Å². The second kappa shape index (κ2) is 5.40. The van der Waals surface area contributed by atoms with Crippen molar-refractivity contribution in [1.82, 2.24) is 9.55 Å². The molecule has 7 nitrogen and oxygen atoms in total. The molecule has 0 aliphatic carbocycles. The lowest BCUT2D eigenvalue weighted by atomic mass is 10.2. The highest BCUT2D eigenvalue weighted by molar-refractivity contribution is 7.86. The van der Waals surface area contributed by atoms with Gasteiger partial charge in [-0.15, -0.1) is 0 Å². The standard InChI is InChI=1S/C11H16N2O5S/c1-2-6-4-13(11(17)12-10(6)16)9-3-7(15)8(5-14)19(9)18/h4,7-9,14-15H,2-3,5H2,1H3,(H,12,16,17)/t7-,8+,9+,19?/m0/s1. The Kier molecular flexibility index (Phi) is 4.02. The molecule has 0 spiro atoms. The quantitative estimate of drug-likeness (QED) is 0.625. The Morgan fingerprint density at radius 3 is 2.74 bits per heavy atom. The normalized spacial score (nSPS) is 30.7. The number of nitrogens with zero attached hydrogens (tertiary/aromatic N) is 1. The fourth-order valence-electron chi connectivity index (χ4n) is 2.22. The smallest absolute Gasteiger partial charge is 0.329 e. The Bertz CT molecular complexity index is 608. The lowest BCUT2D eigenvalue weighted by Gasteiger charge is -2.13. The van der Waals surface area contributed by atoms with Crippen LogP contribution >= 0.6 is 0 Å². The molecule has 0 radical (unpaired) electrons. The van der Waals surface area contributed by atoms with E-state index in [1.807, 2.05) is 0 Å². The number of hydrogen-bond donors (Lipinski definition) is 3. The van der Waals surface area contributed by atoms with Crippen LogP contribution in [0.2, 0.25) is 0 Å². The van der Waals surface area contributed by atoms with Crippen molar-refractivity contribution in [2.45, 2.75) is 36.5 Å². The molecule has 1 aromatic heterocycles. The molecule has 106 valence electrons. The van der Waals surface area contributed by atoms with Gasteiger partial charge in [0.1, 0.15) is 5.37 Å². The molecule has 8 heteroatoms. The van der Waals surface area contributed by atoms with Crippen LogP contribution in [-0.2, 0) is 17.2 Å². The van der Waals surface area contributed by atoms with Crippen molar-refractivity contribution in [2.75, 3.05) is 6.61 Å². The fraction of sp³-hybridized carbons (Fsp3) is 0.636. The van der Waals surface area contributed by atoms with Gasteiger partial charge < -0.3 is 10.2 Å². The lowest BCUT2D eigenvalue weighted by Crippen LogP contribution is -2.35. The van der Waals surface area contributed by atoms with Crippen LogP contribution in [0.25, 0.3) is 0 Å². The highest BCUT2D eigenvalue weighted by atomic mass is 32.2. The summed E-state index contributed by atoms with van der Waals surface area (Å²) in [6.45, 7) is 1.37. The van der Waals surface area contributed by atoms with E-state index in [2.05, 4.69) is 4.98 Å². The first-order valence-electron chi connectivity index (χ1n) is 6.02. The summed E-state index contributed by atoms with van der Waals surface area (Å²) in [5.41, 5.74) is -0.684. The van der Waals surface area contributed by atoms with Crippen molar-refractivity contribution < 1.29 is 14.4 Å². The summed E-state index contributed by atoms with van der Waals surface area (Å²) in [6.07, 6.45) is 1.03. The summed E-state index contributed by atoms with van der Waals surface area (Å²) in [6, 6.07) is 0. The number of aliphatic hydroxyl groups excluding tert-OH is 2. The molecule has 0 aromatic carbocycles. The topological polar surface area (TPSA) is 112 Å². The van der Waals surface area contributed by atoms with E-state index < -0.39 is 45.4 Å². The second-order valence-electron chi connectivity index (χ2n) is 4.48. The SMILES string of the molecule is CCc1cn([C@H]2C[C@H](O)[C@@H](CO)S2=O)c(=O)[nH]c1=O. The van der Waals surface area contributed by atoms with Crippen molar-refractivity contribution in [3.05, 3.63) is 32.6 Å². The van der Waals surface area contributed by atoms with Crippen LogP contribution in [0.4, 0.5) is 0 Å². The molecule has 2 heterocycles. The third-order valence-corrected chi connectivity index (χ3v) is 5.37. The van der Waals surface area contributed by atoms with Crippen LogP contribution in [0.5, 0.6) is 0 Å². The Labute approximate surface area is 111 Å². The summed E-state index contributed by atoms with van der Waals surface area (Å²) >= 11 is 0. The van der Waals surface area contributed by atoms with E-state index in [0.29, 0.717) is 12.0 Å². The zero-order chi connectivity index (χ0) is 14.2. The highest BCUT2D eigenvalue weighted by Gasteiger charge is 2.41. The van der Waals surface area contributed by atoms with Gasteiger partial charge in [-0.3, -0.25) is 18.6 Å². The van der Waals surface area contributed by atoms with Crippen molar-refractivity contribution in [2.24, 2.45) is 0 Å². The largest absolute Gasteiger partial charge is 0.395 e. The van der Waals surface area contributed by atoms with Crippen LogP contribution in [-0.4, -0.2) is 41.9 Å². The summed E-state index contributed by atoms with van der Waals surface area (Å²) < 4.78 is 13.3. The number of nitrogens with one attached hydrogen (secondary N) is 1. The molecule has 0 saturated carbocycles. The molecule has 2 rings (SSSR count). The van der Waals surface area contributed by atoms with Gasteiger partial charge in [-0.05, 0) is 6.42 Å². The first-order valence-corrected chi connectivity index (χ1v) is 7.29. The predicted octanol–water partition coefficient (Wildman–Crippen LogP) is -1.53. The van der Waals surface area contributed by atoms with Gasteiger partial charge in [0.05, 0.1) is 28.8 Å². The third-order valence-electron chi connectivity index (χ3n) is 3.35. The summed E-state index contributed by atoms with van der Waals surface area (Å²) in [4.78, 5) is 25.4. The van der Waals surface area contributed by atoms with E-state index in [0.717, 1.165) is 0 Å². The number of hydrogen-bond acceptors (Lipinski definition) is 5. The number of aryl methyl sites for hydroxylation is 1. The van der Waals surface area contributed by atoms with Gasteiger partial charge in [-0.25, -0.2) is 4.79 Å². The van der Waals surface area contributed by atoms with E-state index in [-0.39, 0.29) is 6.42 Å². The summed E-state index contributed by atoms with van der Waals surface area (Å²) in [7, 11) is -1.57. The maximum Gasteiger partial charge on any atom is 0.329 e. The maximum absolute atomic E-state index is 12.1. The Hall–Kier alpha value is -1.25. The molecule has 1 aromatic rings. The van der Waals surface area contributed by atoms with E-state index in [9.17, 15) is 18.9 Å². The lowest BCUT2D eigenvalue weighted by molar-refractivity contribution is 0.137. The molecular formula is C11H16N2O5S. The molecular weight excluding hydrogens is 272 g/mol. The first-order chi connectivity index (χ1) is 8.99. The zero-order valence-electron chi connectivity index (χ0n) is 10.4. The number of aromatic nitrogens is 2. The van der Waals surface area contributed by atoms with Crippen LogP contribution in [0.1, 0.15) is 24.3 Å². The highest BCUT2D eigenvalue weighted by Crippen LogP contribution is 2.31. The van der Waals surface area contributed by atoms with E-state index in [1.54, 1.807) is 6.92 Å². The van der Waals surface area contributed by atoms with Crippen LogP contribution in [0, 0.1) is 0 Å². The summed E-state index contributed by atoms with van der Waals surface area (Å²) in [5, 5.41) is 17.3. The molecule has 0 amide bonds. The average molecular weight is 288 g/mol. The van der Waals surface area contributed by atoms with Gasteiger partial charge in [0.2, 0.25) is 0 Å². The van der Waals surface area contributed by atoms with Gasteiger partial charge in [0.25, 0.3) is 5.56 Å². The van der Waals surface area contributed by atoms with Crippen molar-refractivity contribution >= 4 is 10.8 Å². The molecule has 1 saturated heterocycles. The average Bonchev–Trinajstić information content (AvgIpc) is 2.64. The minimum Gasteiger partial charge on any atom is -0.395 e. The van der Waals surface area contributed by atoms with Gasteiger partial charge in [-0.2, -0.15) is 0 Å². The summed E-state index contributed by atoms with van der Waals surface area (Å²) in [5.74, 6) is 0. The Morgan fingerprint density at radius 1 is 1.53 bits per heavy atom. The Balaban J connectivity index is 2.46. The van der Waals surface area contributed by atoms with E-state index in [1.165, 1.54) is 10.8 Å². The number of H-pyrrole nitrogens is 1. The van der Waals surface area contributed by atoms with Crippen molar-refractivity contribution in [1.29, 1.82) is 0 Å². The zero-order valence-corrected chi connectivity index (χ0v) is 11.2. The van der Waals surface area contributed by atoms with Gasteiger partial charge >= 0.3 is 5.69 Å². The number of aromatic amines is 1. The van der Waals surface area contributed by atoms with Crippen molar-refractivity contribution in [3.8, 4) is 0 Å². The van der Waals surface area contributed by atoms with Crippen molar-refractivity contribution in [3.63, 3.8) is 0 Å². The van der Waals surface area contributed by atoms with Crippen LogP contribution < -0.4 is 11.2 Å². The second-order valence-corrected chi connectivity index (χ2v) is 6.29. The van der Waals surface area contributed by atoms with Crippen LogP contribution in [0.15, 0.2) is 15.8 Å². The molecule has 1 aliphatic rings.